The summed E-state index contributed by atoms with van der Waals surface area (Å²) in [5.41, 5.74) is 5.43. The second-order valence-electron chi connectivity index (χ2n) is 5.53. The zero-order valence-electron chi connectivity index (χ0n) is 13.4. The van der Waals surface area contributed by atoms with Crippen LogP contribution in [0.25, 0.3) is 0 Å². The number of carbonyl (C=O) groups excluding carboxylic acids is 1. The Morgan fingerprint density at radius 2 is 1.81 bits per heavy atom. The smallest absolute Gasteiger partial charge is 0.184 e. The number of benzene rings is 1. The molecule has 1 heterocycles. The molecule has 3 heteroatoms. The summed E-state index contributed by atoms with van der Waals surface area (Å²) in [6.45, 7) is 8.64. The summed E-state index contributed by atoms with van der Waals surface area (Å²) in [5, 5.41) is 4.49. The van der Waals surface area contributed by atoms with Crippen LogP contribution in [0.3, 0.4) is 0 Å². The monoisotopic (exact) mass is 284 g/mol. The molecule has 2 aromatic rings. The average Bonchev–Trinajstić information content (AvgIpc) is 2.74. The van der Waals surface area contributed by atoms with E-state index in [1.165, 1.54) is 11.1 Å². The standard InChI is InChI=1S/C18H24N2O/c1-5-7-15-8-10-16(11-9-15)18(21)12-20-14(4)17(6-2)13(3)19-20/h8-11H,5-7,12H2,1-4H3. The summed E-state index contributed by atoms with van der Waals surface area (Å²) in [6, 6.07) is 7.96. The van der Waals surface area contributed by atoms with Gasteiger partial charge in [0.05, 0.1) is 5.69 Å². The normalized spacial score (nSPS) is 10.9. The number of carbonyl (C=O) groups is 1. The second kappa shape index (κ2) is 6.70. The molecule has 21 heavy (non-hydrogen) atoms. The summed E-state index contributed by atoms with van der Waals surface area (Å²) < 4.78 is 1.83. The van der Waals surface area contributed by atoms with Crippen LogP contribution in [-0.4, -0.2) is 15.6 Å². The Bertz CT molecular complexity index is 623. The van der Waals surface area contributed by atoms with Crippen LogP contribution in [0.2, 0.25) is 0 Å². The van der Waals surface area contributed by atoms with Gasteiger partial charge in [0, 0.05) is 11.3 Å². The first-order valence-electron chi connectivity index (χ1n) is 7.71. The van der Waals surface area contributed by atoms with Crippen molar-refractivity contribution in [2.24, 2.45) is 0 Å². The van der Waals surface area contributed by atoms with Crippen molar-refractivity contribution in [1.82, 2.24) is 9.78 Å². The third-order valence-corrected chi connectivity index (χ3v) is 3.99. The van der Waals surface area contributed by atoms with Gasteiger partial charge >= 0.3 is 0 Å². The first kappa shape index (κ1) is 15.5. The van der Waals surface area contributed by atoms with Gasteiger partial charge in [-0.25, -0.2) is 0 Å². The maximum atomic E-state index is 12.4. The molecule has 0 aliphatic rings. The lowest BCUT2D eigenvalue weighted by Gasteiger charge is -2.06. The average molecular weight is 284 g/mol. The van der Waals surface area contributed by atoms with Gasteiger partial charge in [-0.1, -0.05) is 44.5 Å². The molecule has 0 N–H and O–H groups in total. The molecule has 0 radical (unpaired) electrons. The summed E-state index contributed by atoms with van der Waals surface area (Å²) in [6.07, 6.45) is 3.14. The molecule has 1 aromatic heterocycles. The van der Waals surface area contributed by atoms with E-state index in [9.17, 15) is 4.79 Å². The van der Waals surface area contributed by atoms with E-state index in [4.69, 9.17) is 0 Å². The molecular weight excluding hydrogens is 260 g/mol. The number of aromatic nitrogens is 2. The summed E-state index contributed by atoms with van der Waals surface area (Å²) in [5.74, 6) is 0.117. The Labute approximate surface area is 127 Å². The third kappa shape index (κ3) is 3.41. The van der Waals surface area contributed by atoms with Gasteiger partial charge in [0.25, 0.3) is 0 Å². The molecule has 3 nitrogen and oxygen atoms in total. The highest BCUT2D eigenvalue weighted by Gasteiger charge is 2.13. The van der Waals surface area contributed by atoms with E-state index in [1.807, 2.05) is 30.7 Å². The van der Waals surface area contributed by atoms with Crippen LogP contribution >= 0.6 is 0 Å². The van der Waals surface area contributed by atoms with E-state index < -0.39 is 0 Å². The molecule has 112 valence electrons. The van der Waals surface area contributed by atoms with Crippen molar-refractivity contribution < 1.29 is 4.79 Å². The first-order chi connectivity index (χ1) is 10.1. The SMILES string of the molecule is CCCc1ccc(C(=O)Cn2nc(C)c(CC)c2C)cc1. The molecule has 0 aliphatic carbocycles. The van der Waals surface area contributed by atoms with Gasteiger partial charge in [-0.2, -0.15) is 5.10 Å². The highest BCUT2D eigenvalue weighted by atomic mass is 16.1. The van der Waals surface area contributed by atoms with Gasteiger partial charge in [0.2, 0.25) is 0 Å². The van der Waals surface area contributed by atoms with Crippen molar-refractivity contribution in [1.29, 1.82) is 0 Å². The molecule has 0 bridgehead atoms. The van der Waals surface area contributed by atoms with E-state index in [1.54, 1.807) is 0 Å². The van der Waals surface area contributed by atoms with Gasteiger partial charge in [0.1, 0.15) is 6.54 Å². The van der Waals surface area contributed by atoms with Crippen molar-refractivity contribution in [2.45, 2.75) is 53.5 Å². The van der Waals surface area contributed by atoms with Crippen LogP contribution in [-0.2, 0) is 19.4 Å². The lowest BCUT2D eigenvalue weighted by atomic mass is 10.1. The Hall–Kier alpha value is -1.90. The number of Topliss-reactive ketones (excluding diaryl/α,β-unsaturated/α-hetero) is 1. The van der Waals surface area contributed by atoms with Gasteiger partial charge in [-0.3, -0.25) is 9.48 Å². The van der Waals surface area contributed by atoms with E-state index in [-0.39, 0.29) is 5.78 Å². The molecule has 0 unspecified atom stereocenters. The fourth-order valence-electron chi connectivity index (χ4n) is 2.77. The van der Waals surface area contributed by atoms with E-state index in [0.717, 1.165) is 36.2 Å². The first-order valence-corrected chi connectivity index (χ1v) is 7.71. The fourth-order valence-corrected chi connectivity index (χ4v) is 2.77. The van der Waals surface area contributed by atoms with E-state index in [0.29, 0.717) is 6.54 Å². The molecule has 1 aromatic carbocycles. The lowest BCUT2D eigenvalue weighted by molar-refractivity contribution is 0.0966. The van der Waals surface area contributed by atoms with E-state index in [2.05, 4.69) is 31.1 Å². The molecule has 0 saturated heterocycles. The minimum absolute atomic E-state index is 0.117. The number of hydrogen-bond acceptors (Lipinski definition) is 2. The van der Waals surface area contributed by atoms with Gasteiger partial charge in [-0.15, -0.1) is 0 Å². The van der Waals surface area contributed by atoms with Crippen molar-refractivity contribution in [3.05, 3.63) is 52.3 Å². The van der Waals surface area contributed by atoms with Gasteiger partial charge < -0.3 is 0 Å². The quantitative estimate of drug-likeness (QED) is 0.754. The van der Waals surface area contributed by atoms with Gasteiger partial charge in [0.15, 0.2) is 5.78 Å². The third-order valence-electron chi connectivity index (χ3n) is 3.99. The molecule has 0 atom stereocenters. The molecule has 0 aliphatic heterocycles. The minimum atomic E-state index is 0.117. The summed E-state index contributed by atoms with van der Waals surface area (Å²) in [4.78, 5) is 12.4. The van der Waals surface area contributed by atoms with Crippen LogP contribution in [0.15, 0.2) is 24.3 Å². The lowest BCUT2D eigenvalue weighted by Crippen LogP contribution is -2.13. The zero-order valence-corrected chi connectivity index (χ0v) is 13.4. The maximum Gasteiger partial charge on any atom is 0.184 e. The van der Waals surface area contributed by atoms with Crippen molar-refractivity contribution in [2.75, 3.05) is 0 Å². The Morgan fingerprint density at radius 3 is 2.33 bits per heavy atom. The predicted octanol–water partition coefficient (Wildman–Crippen LogP) is 3.90. The Kier molecular flexibility index (Phi) is 4.94. The summed E-state index contributed by atoms with van der Waals surface area (Å²) >= 11 is 0. The minimum Gasteiger partial charge on any atom is -0.292 e. The van der Waals surface area contributed by atoms with Crippen LogP contribution in [0.1, 0.15) is 53.1 Å². The molecule has 0 fully saturated rings. The maximum absolute atomic E-state index is 12.4. The van der Waals surface area contributed by atoms with Crippen molar-refractivity contribution >= 4 is 5.78 Å². The van der Waals surface area contributed by atoms with Gasteiger partial charge in [-0.05, 0) is 37.8 Å². The zero-order chi connectivity index (χ0) is 15.4. The Balaban J connectivity index is 2.14. The molecule has 2 rings (SSSR count). The van der Waals surface area contributed by atoms with Crippen molar-refractivity contribution in [3.63, 3.8) is 0 Å². The van der Waals surface area contributed by atoms with Crippen LogP contribution < -0.4 is 0 Å². The molecule has 0 spiro atoms. The highest BCUT2D eigenvalue weighted by Crippen LogP contribution is 2.15. The fraction of sp³-hybridized carbons (Fsp3) is 0.444. The number of rotatable bonds is 6. The van der Waals surface area contributed by atoms with E-state index >= 15 is 0 Å². The summed E-state index contributed by atoms with van der Waals surface area (Å²) in [7, 11) is 0. The number of hydrogen-bond donors (Lipinski definition) is 0. The van der Waals surface area contributed by atoms with Crippen molar-refractivity contribution in [3.8, 4) is 0 Å². The molecule has 0 amide bonds. The largest absolute Gasteiger partial charge is 0.292 e. The predicted molar refractivity (Wildman–Crippen MR) is 85.8 cm³/mol. The number of aryl methyl sites for hydroxylation is 2. The molecular formula is C18H24N2O. The number of ketones is 1. The number of nitrogens with zero attached hydrogens (tertiary/aromatic N) is 2. The van der Waals surface area contributed by atoms with Crippen LogP contribution in [0, 0.1) is 13.8 Å². The highest BCUT2D eigenvalue weighted by molar-refractivity contribution is 5.95. The Morgan fingerprint density at radius 1 is 1.14 bits per heavy atom. The van der Waals surface area contributed by atoms with Crippen LogP contribution in [0.4, 0.5) is 0 Å². The second-order valence-corrected chi connectivity index (χ2v) is 5.53. The molecule has 0 saturated carbocycles. The van der Waals surface area contributed by atoms with Crippen LogP contribution in [0.5, 0.6) is 0 Å². The topological polar surface area (TPSA) is 34.9 Å².